The number of nitro benzene ring substituents is 1. The Morgan fingerprint density at radius 3 is 2.21 bits per heavy atom. The molecule has 0 saturated carbocycles. The van der Waals surface area contributed by atoms with Crippen LogP contribution < -0.4 is 14.4 Å². The minimum absolute atomic E-state index is 0.0828. The Bertz CT molecular complexity index is 815. The molecule has 0 N–H and O–H groups in total. The van der Waals surface area contributed by atoms with Gasteiger partial charge in [0.25, 0.3) is 5.69 Å². The fourth-order valence-corrected chi connectivity index (χ4v) is 3.24. The number of hydrogen-bond donors (Lipinski definition) is 0. The van der Waals surface area contributed by atoms with Crippen LogP contribution in [0.3, 0.4) is 0 Å². The summed E-state index contributed by atoms with van der Waals surface area (Å²) in [7, 11) is 1.62. The van der Waals surface area contributed by atoms with E-state index >= 15 is 0 Å². The van der Waals surface area contributed by atoms with Crippen molar-refractivity contribution < 1.29 is 19.2 Å². The molecule has 1 aliphatic heterocycles. The summed E-state index contributed by atoms with van der Waals surface area (Å²) >= 11 is 0. The number of piperazine rings is 1. The van der Waals surface area contributed by atoms with Gasteiger partial charge in [0.1, 0.15) is 11.5 Å². The third-order valence-electron chi connectivity index (χ3n) is 4.92. The van der Waals surface area contributed by atoms with Gasteiger partial charge >= 0.3 is 0 Å². The number of carbonyl (C=O) groups is 1. The van der Waals surface area contributed by atoms with Gasteiger partial charge in [0.05, 0.1) is 18.6 Å². The zero-order chi connectivity index (χ0) is 20.6. The highest BCUT2D eigenvalue weighted by atomic mass is 16.6. The molecule has 3 rings (SSSR count). The lowest BCUT2D eigenvalue weighted by Crippen LogP contribution is -2.48. The summed E-state index contributed by atoms with van der Waals surface area (Å²) < 4.78 is 10.8. The molecule has 1 fully saturated rings. The van der Waals surface area contributed by atoms with E-state index in [1.807, 2.05) is 29.2 Å². The van der Waals surface area contributed by atoms with Crippen LogP contribution in [0.5, 0.6) is 11.5 Å². The Kier molecular flexibility index (Phi) is 6.89. The Labute approximate surface area is 169 Å². The van der Waals surface area contributed by atoms with E-state index in [4.69, 9.17) is 9.47 Å². The van der Waals surface area contributed by atoms with Gasteiger partial charge in [-0.05, 0) is 42.8 Å². The molecule has 2 aromatic rings. The summed E-state index contributed by atoms with van der Waals surface area (Å²) in [4.78, 5) is 26.8. The first-order valence-electron chi connectivity index (χ1n) is 9.61. The molecule has 0 unspecified atom stereocenters. The summed E-state index contributed by atoms with van der Waals surface area (Å²) in [5.41, 5.74) is 1.02. The number of nitro groups is 1. The van der Waals surface area contributed by atoms with Crippen molar-refractivity contribution in [3.05, 3.63) is 58.6 Å². The number of methoxy groups -OCH3 is 1. The SMILES string of the molecule is COc1ccc(OCCCC(=O)N2CCN(c3ccc([N+](=O)[O-])cc3)CC2)cc1. The van der Waals surface area contributed by atoms with Crippen molar-refractivity contribution in [1.29, 1.82) is 0 Å². The summed E-state index contributed by atoms with van der Waals surface area (Å²) in [5, 5.41) is 10.8. The van der Waals surface area contributed by atoms with Crippen molar-refractivity contribution in [3.8, 4) is 11.5 Å². The molecule has 8 heteroatoms. The predicted octanol–water partition coefficient (Wildman–Crippen LogP) is 3.11. The van der Waals surface area contributed by atoms with Gasteiger partial charge in [0, 0.05) is 50.4 Å². The van der Waals surface area contributed by atoms with E-state index in [0.717, 1.165) is 17.2 Å². The number of non-ortho nitro benzene ring substituents is 1. The maximum atomic E-state index is 12.4. The van der Waals surface area contributed by atoms with Gasteiger partial charge in [-0.3, -0.25) is 14.9 Å². The van der Waals surface area contributed by atoms with Crippen LogP contribution in [0.4, 0.5) is 11.4 Å². The first-order chi connectivity index (χ1) is 14.1. The minimum atomic E-state index is -0.404. The van der Waals surface area contributed by atoms with Gasteiger partial charge in [-0.1, -0.05) is 0 Å². The quantitative estimate of drug-likeness (QED) is 0.385. The summed E-state index contributed by atoms with van der Waals surface area (Å²) in [6, 6.07) is 13.9. The summed E-state index contributed by atoms with van der Waals surface area (Å²) in [5.74, 6) is 1.67. The zero-order valence-electron chi connectivity index (χ0n) is 16.5. The van der Waals surface area contributed by atoms with Crippen LogP contribution in [0.25, 0.3) is 0 Å². The van der Waals surface area contributed by atoms with Gasteiger partial charge < -0.3 is 19.3 Å². The molecule has 0 radical (unpaired) electrons. The molecule has 0 atom stereocenters. The highest BCUT2D eigenvalue weighted by Gasteiger charge is 2.21. The molecule has 154 valence electrons. The third-order valence-corrected chi connectivity index (χ3v) is 4.92. The standard InChI is InChI=1S/C21H25N3O5/c1-28-19-8-10-20(11-9-19)29-16-2-3-21(25)23-14-12-22(13-15-23)17-4-6-18(7-5-17)24(26)27/h4-11H,2-3,12-16H2,1H3. The van der Waals surface area contributed by atoms with Gasteiger partial charge in [-0.15, -0.1) is 0 Å². The van der Waals surface area contributed by atoms with Crippen LogP contribution in [-0.4, -0.2) is 55.6 Å². The molecular formula is C21H25N3O5. The van der Waals surface area contributed by atoms with E-state index in [0.29, 0.717) is 45.6 Å². The van der Waals surface area contributed by atoms with E-state index in [9.17, 15) is 14.9 Å². The maximum Gasteiger partial charge on any atom is 0.269 e. The Balaban J connectivity index is 1.37. The summed E-state index contributed by atoms with van der Waals surface area (Å²) in [6.45, 7) is 3.21. The number of nitrogens with zero attached hydrogens (tertiary/aromatic N) is 3. The second-order valence-electron chi connectivity index (χ2n) is 6.77. The zero-order valence-corrected chi connectivity index (χ0v) is 16.5. The number of amides is 1. The maximum absolute atomic E-state index is 12.4. The van der Waals surface area contributed by atoms with E-state index in [-0.39, 0.29) is 11.6 Å². The topological polar surface area (TPSA) is 85.2 Å². The lowest BCUT2D eigenvalue weighted by atomic mass is 10.2. The average Bonchev–Trinajstić information content (AvgIpc) is 2.77. The van der Waals surface area contributed by atoms with Crippen LogP contribution >= 0.6 is 0 Å². The molecule has 0 aliphatic carbocycles. The Hall–Kier alpha value is -3.29. The van der Waals surface area contributed by atoms with Crippen molar-refractivity contribution in [2.45, 2.75) is 12.8 Å². The molecule has 1 saturated heterocycles. The first kappa shape index (κ1) is 20.4. The van der Waals surface area contributed by atoms with Crippen LogP contribution in [0, 0.1) is 10.1 Å². The predicted molar refractivity (Wildman–Crippen MR) is 110 cm³/mol. The lowest BCUT2D eigenvalue weighted by molar-refractivity contribution is -0.384. The number of ether oxygens (including phenoxy) is 2. The first-order valence-corrected chi connectivity index (χ1v) is 9.61. The van der Waals surface area contributed by atoms with Crippen LogP contribution in [-0.2, 0) is 4.79 Å². The molecule has 8 nitrogen and oxygen atoms in total. The van der Waals surface area contributed by atoms with Gasteiger partial charge in [0.2, 0.25) is 5.91 Å². The molecule has 2 aromatic carbocycles. The lowest BCUT2D eigenvalue weighted by Gasteiger charge is -2.36. The number of carbonyl (C=O) groups excluding carboxylic acids is 1. The largest absolute Gasteiger partial charge is 0.497 e. The minimum Gasteiger partial charge on any atom is -0.497 e. The third kappa shape index (κ3) is 5.60. The smallest absolute Gasteiger partial charge is 0.269 e. The number of anilines is 1. The van der Waals surface area contributed by atoms with E-state index in [2.05, 4.69) is 4.90 Å². The fraction of sp³-hybridized carbons (Fsp3) is 0.381. The fourth-order valence-electron chi connectivity index (χ4n) is 3.24. The van der Waals surface area contributed by atoms with E-state index in [1.165, 1.54) is 12.1 Å². The van der Waals surface area contributed by atoms with Crippen molar-refractivity contribution >= 4 is 17.3 Å². The van der Waals surface area contributed by atoms with E-state index in [1.54, 1.807) is 19.2 Å². The molecule has 0 bridgehead atoms. The molecule has 0 aromatic heterocycles. The van der Waals surface area contributed by atoms with Crippen molar-refractivity contribution in [2.75, 3.05) is 44.8 Å². The highest BCUT2D eigenvalue weighted by molar-refractivity contribution is 5.76. The molecular weight excluding hydrogens is 374 g/mol. The van der Waals surface area contributed by atoms with Crippen LogP contribution in [0.1, 0.15) is 12.8 Å². The number of benzene rings is 2. The second-order valence-corrected chi connectivity index (χ2v) is 6.77. The molecule has 1 amide bonds. The molecule has 0 spiro atoms. The van der Waals surface area contributed by atoms with Crippen molar-refractivity contribution in [3.63, 3.8) is 0 Å². The van der Waals surface area contributed by atoms with Crippen LogP contribution in [0.15, 0.2) is 48.5 Å². The normalized spacial score (nSPS) is 13.8. The second kappa shape index (κ2) is 9.77. The van der Waals surface area contributed by atoms with Crippen molar-refractivity contribution in [2.24, 2.45) is 0 Å². The van der Waals surface area contributed by atoms with E-state index < -0.39 is 4.92 Å². The van der Waals surface area contributed by atoms with Gasteiger partial charge in [0.15, 0.2) is 0 Å². The average molecular weight is 399 g/mol. The number of hydrogen-bond acceptors (Lipinski definition) is 6. The summed E-state index contributed by atoms with van der Waals surface area (Å²) in [6.07, 6.45) is 1.11. The van der Waals surface area contributed by atoms with Gasteiger partial charge in [-0.2, -0.15) is 0 Å². The van der Waals surface area contributed by atoms with Crippen molar-refractivity contribution in [1.82, 2.24) is 4.90 Å². The monoisotopic (exact) mass is 399 g/mol. The molecule has 1 aliphatic rings. The molecule has 1 heterocycles. The Morgan fingerprint density at radius 2 is 1.62 bits per heavy atom. The highest BCUT2D eigenvalue weighted by Crippen LogP contribution is 2.21. The molecule has 29 heavy (non-hydrogen) atoms. The van der Waals surface area contributed by atoms with Gasteiger partial charge in [-0.25, -0.2) is 0 Å². The number of rotatable bonds is 8. The van der Waals surface area contributed by atoms with Crippen LogP contribution in [0.2, 0.25) is 0 Å². The Morgan fingerprint density at radius 1 is 1.00 bits per heavy atom.